The van der Waals surface area contributed by atoms with Crippen LogP contribution in [0.25, 0.3) is 0 Å². The Balaban J connectivity index is 2.07. The number of nitro benzene ring substituents is 1. The highest BCUT2D eigenvalue weighted by molar-refractivity contribution is 5.94. The van der Waals surface area contributed by atoms with Gasteiger partial charge >= 0.3 is 0 Å². The van der Waals surface area contributed by atoms with Gasteiger partial charge in [-0.25, -0.2) is 0 Å². The van der Waals surface area contributed by atoms with Gasteiger partial charge in [0.2, 0.25) is 0 Å². The van der Waals surface area contributed by atoms with Crippen molar-refractivity contribution in [3.05, 3.63) is 57.6 Å². The van der Waals surface area contributed by atoms with Crippen molar-refractivity contribution in [3.8, 4) is 17.6 Å². The molecule has 0 aliphatic heterocycles. The zero-order valence-electron chi connectivity index (χ0n) is 13.6. The number of nitrogens with zero attached hydrogens (tertiary/aromatic N) is 2. The first-order valence-corrected chi connectivity index (χ1v) is 7.20. The number of carbonyl (C=O) groups is 1. The van der Waals surface area contributed by atoms with Crippen LogP contribution in [-0.4, -0.2) is 24.5 Å². The van der Waals surface area contributed by atoms with Crippen molar-refractivity contribution in [1.29, 1.82) is 5.26 Å². The molecule has 0 radical (unpaired) electrons. The standard InChI is InChI=1S/C17H15N3O5/c1-11-3-5-13(14(7-11)20(22)23)19-17(21)10-25-15-6-4-12(9-18)8-16(15)24-2/h3-8H,10H2,1-2H3,(H,19,21). The fourth-order valence-electron chi connectivity index (χ4n) is 2.08. The molecule has 0 aliphatic carbocycles. The van der Waals surface area contributed by atoms with E-state index in [1.165, 1.54) is 37.4 Å². The van der Waals surface area contributed by atoms with Crippen LogP contribution in [0.3, 0.4) is 0 Å². The second-order valence-corrected chi connectivity index (χ2v) is 5.09. The second kappa shape index (κ2) is 7.79. The third-order valence-electron chi connectivity index (χ3n) is 3.28. The van der Waals surface area contributed by atoms with E-state index in [1.807, 2.05) is 6.07 Å². The maximum absolute atomic E-state index is 12.0. The molecule has 8 heteroatoms. The molecule has 1 amide bonds. The van der Waals surface area contributed by atoms with Gasteiger partial charge in [-0.1, -0.05) is 6.07 Å². The molecule has 0 unspecified atom stereocenters. The number of nitro groups is 1. The molecular formula is C17H15N3O5. The lowest BCUT2D eigenvalue weighted by Crippen LogP contribution is -2.21. The molecule has 0 bridgehead atoms. The summed E-state index contributed by atoms with van der Waals surface area (Å²) in [5.74, 6) is 0.0431. The minimum Gasteiger partial charge on any atom is -0.493 e. The van der Waals surface area contributed by atoms with E-state index in [2.05, 4.69) is 5.32 Å². The van der Waals surface area contributed by atoms with Gasteiger partial charge in [0, 0.05) is 12.1 Å². The van der Waals surface area contributed by atoms with Crippen LogP contribution in [0, 0.1) is 28.4 Å². The summed E-state index contributed by atoms with van der Waals surface area (Å²) in [5, 5.41) is 22.4. The first-order chi connectivity index (χ1) is 11.9. The van der Waals surface area contributed by atoms with Gasteiger partial charge < -0.3 is 14.8 Å². The number of carbonyl (C=O) groups excluding carboxylic acids is 1. The summed E-state index contributed by atoms with van der Waals surface area (Å²) in [6.07, 6.45) is 0. The number of benzene rings is 2. The van der Waals surface area contributed by atoms with Gasteiger partial charge in [0.05, 0.1) is 23.7 Å². The molecule has 25 heavy (non-hydrogen) atoms. The van der Waals surface area contributed by atoms with Crippen molar-refractivity contribution in [2.24, 2.45) is 0 Å². The highest BCUT2D eigenvalue weighted by atomic mass is 16.6. The Bertz CT molecular complexity index is 858. The normalized spacial score (nSPS) is 9.80. The zero-order valence-corrected chi connectivity index (χ0v) is 13.6. The Morgan fingerprint density at radius 3 is 2.68 bits per heavy atom. The Morgan fingerprint density at radius 1 is 1.28 bits per heavy atom. The number of aryl methyl sites for hydroxylation is 1. The molecule has 0 spiro atoms. The number of methoxy groups -OCH3 is 1. The number of rotatable bonds is 6. The molecule has 2 rings (SSSR count). The zero-order chi connectivity index (χ0) is 18.4. The van der Waals surface area contributed by atoms with E-state index in [0.717, 1.165) is 0 Å². The predicted octanol–water partition coefficient (Wildman–Crippen LogP) is 2.80. The van der Waals surface area contributed by atoms with Gasteiger partial charge in [-0.05, 0) is 30.7 Å². The van der Waals surface area contributed by atoms with E-state index < -0.39 is 10.8 Å². The third kappa shape index (κ3) is 4.45. The number of nitrogens with one attached hydrogen (secondary N) is 1. The maximum Gasteiger partial charge on any atom is 0.293 e. The van der Waals surface area contributed by atoms with Crippen molar-refractivity contribution in [2.75, 3.05) is 19.0 Å². The fraction of sp³-hybridized carbons (Fsp3) is 0.176. The second-order valence-electron chi connectivity index (χ2n) is 5.09. The van der Waals surface area contributed by atoms with E-state index >= 15 is 0 Å². The SMILES string of the molecule is COc1cc(C#N)ccc1OCC(=O)Nc1ccc(C)cc1[N+](=O)[O-]. The first kappa shape index (κ1) is 17.7. The molecule has 8 nitrogen and oxygen atoms in total. The summed E-state index contributed by atoms with van der Waals surface area (Å²) in [4.78, 5) is 22.5. The summed E-state index contributed by atoms with van der Waals surface area (Å²) >= 11 is 0. The van der Waals surface area contributed by atoms with Gasteiger partial charge in [0.25, 0.3) is 11.6 Å². The van der Waals surface area contributed by atoms with Crippen LogP contribution in [-0.2, 0) is 4.79 Å². The lowest BCUT2D eigenvalue weighted by molar-refractivity contribution is -0.384. The summed E-state index contributed by atoms with van der Waals surface area (Å²) < 4.78 is 10.5. The van der Waals surface area contributed by atoms with Crippen molar-refractivity contribution >= 4 is 17.3 Å². The van der Waals surface area contributed by atoms with E-state index in [4.69, 9.17) is 14.7 Å². The Labute approximate surface area is 143 Å². The number of anilines is 1. The molecule has 2 aromatic carbocycles. The molecule has 128 valence electrons. The molecule has 0 heterocycles. The Morgan fingerprint density at radius 2 is 2.04 bits per heavy atom. The fourth-order valence-corrected chi connectivity index (χ4v) is 2.08. The number of amides is 1. The Hall–Kier alpha value is -3.60. The van der Waals surface area contributed by atoms with Gasteiger partial charge in [0.15, 0.2) is 18.1 Å². The quantitative estimate of drug-likeness (QED) is 0.638. The molecule has 0 saturated heterocycles. The van der Waals surface area contributed by atoms with Crippen LogP contribution in [0.1, 0.15) is 11.1 Å². The molecule has 0 fully saturated rings. The smallest absolute Gasteiger partial charge is 0.293 e. The van der Waals surface area contributed by atoms with Gasteiger partial charge in [-0.2, -0.15) is 5.26 Å². The van der Waals surface area contributed by atoms with E-state index in [-0.39, 0.29) is 23.7 Å². The lowest BCUT2D eigenvalue weighted by Gasteiger charge is -2.11. The lowest BCUT2D eigenvalue weighted by atomic mass is 10.2. The molecule has 0 aromatic heterocycles. The van der Waals surface area contributed by atoms with Crippen LogP contribution in [0.4, 0.5) is 11.4 Å². The molecule has 0 aliphatic rings. The van der Waals surface area contributed by atoms with Gasteiger partial charge in [-0.3, -0.25) is 14.9 Å². The predicted molar refractivity (Wildman–Crippen MR) is 89.7 cm³/mol. The minimum absolute atomic E-state index is 0.0935. The van der Waals surface area contributed by atoms with Crippen LogP contribution in [0.2, 0.25) is 0 Å². The van der Waals surface area contributed by atoms with Crippen LogP contribution >= 0.6 is 0 Å². The molecular weight excluding hydrogens is 326 g/mol. The minimum atomic E-state index is -0.562. The van der Waals surface area contributed by atoms with Crippen LogP contribution in [0.5, 0.6) is 11.5 Å². The molecule has 2 aromatic rings. The van der Waals surface area contributed by atoms with Crippen molar-refractivity contribution in [2.45, 2.75) is 6.92 Å². The summed E-state index contributed by atoms with van der Waals surface area (Å²) in [6, 6.07) is 11.0. The number of ether oxygens (including phenoxy) is 2. The number of hydrogen-bond acceptors (Lipinski definition) is 6. The summed E-state index contributed by atoms with van der Waals surface area (Å²) in [7, 11) is 1.42. The van der Waals surface area contributed by atoms with Crippen molar-refractivity contribution in [1.82, 2.24) is 0 Å². The summed E-state index contributed by atoms with van der Waals surface area (Å²) in [5.41, 5.74) is 1.01. The summed E-state index contributed by atoms with van der Waals surface area (Å²) in [6.45, 7) is 1.35. The molecule has 0 atom stereocenters. The topological polar surface area (TPSA) is 114 Å². The molecule has 1 N–H and O–H groups in total. The van der Waals surface area contributed by atoms with Crippen molar-refractivity contribution in [3.63, 3.8) is 0 Å². The van der Waals surface area contributed by atoms with Crippen molar-refractivity contribution < 1.29 is 19.2 Å². The number of nitriles is 1. The number of hydrogen-bond donors (Lipinski definition) is 1. The molecule has 0 saturated carbocycles. The average Bonchev–Trinajstić information content (AvgIpc) is 2.61. The van der Waals surface area contributed by atoms with E-state index in [0.29, 0.717) is 16.9 Å². The highest BCUT2D eigenvalue weighted by Crippen LogP contribution is 2.28. The first-order valence-electron chi connectivity index (χ1n) is 7.20. The monoisotopic (exact) mass is 341 g/mol. The van der Waals surface area contributed by atoms with Crippen LogP contribution in [0.15, 0.2) is 36.4 Å². The largest absolute Gasteiger partial charge is 0.493 e. The van der Waals surface area contributed by atoms with Crippen LogP contribution < -0.4 is 14.8 Å². The third-order valence-corrected chi connectivity index (χ3v) is 3.28. The highest BCUT2D eigenvalue weighted by Gasteiger charge is 2.16. The average molecular weight is 341 g/mol. The van der Waals surface area contributed by atoms with E-state index in [1.54, 1.807) is 13.0 Å². The van der Waals surface area contributed by atoms with Gasteiger partial charge in [0.1, 0.15) is 5.69 Å². The van der Waals surface area contributed by atoms with E-state index in [9.17, 15) is 14.9 Å². The van der Waals surface area contributed by atoms with Gasteiger partial charge in [-0.15, -0.1) is 0 Å². The Kier molecular flexibility index (Phi) is 5.53. The maximum atomic E-state index is 12.0.